The van der Waals surface area contributed by atoms with Crippen molar-refractivity contribution in [1.82, 2.24) is 5.06 Å². The number of halogens is 2. The molecule has 0 aromatic heterocycles. The minimum Gasteiger partial charge on any atom is -0.367 e. The summed E-state index contributed by atoms with van der Waals surface area (Å²) in [5.74, 6) is -0.848. The van der Waals surface area contributed by atoms with Crippen LogP contribution in [0.5, 0.6) is 5.75 Å². The molecule has 0 radical (unpaired) electrons. The monoisotopic (exact) mass is 307 g/mol. The fourth-order valence-electron chi connectivity index (χ4n) is 1.90. The van der Waals surface area contributed by atoms with Gasteiger partial charge in [0.05, 0.1) is 16.1 Å². The van der Waals surface area contributed by atoms with E-state index in [1.54, 1.807) is 30.3 Å². The first-order valence-electron chi connectivity index (χ1n) is 5.69. The Kier molecular flexibility index (Phi) is 3.12. The van der Waals surface area contributed by atoms with Crippen LogP contribution in [-0.4, -0.2) is 16.9 Å². The third kappa shape index (κ3) is 2.03. The molecule has 1 heterocycles. The number of nitrogens with zero attached hydrogens (tertiary/aromatic N) is 1. The van der Waals surface area contributed by atoms with Crippen molar-refractivity contribution >= 4 is 35.0 Å². The molecule has 2 aromatic carbocycles. The highest BCUT2D eigenvalue weighted by Crippen LogP contribution is 2.30. The van der Waals surface area contributed by atoms with Crippen molar-refractivity contribution in [1.29, 1.82) is 0 Å². The Hall–Kier alpha value is -2.04. The summed E-state index contributed by atoms with van der Waals surface area (Å²) in [6, 6.07) is 11.0. The second kappa shape index (κ2) is 4.81. The van der Waals surface area contributed by atoms with Crippen LogP contribution in [0.1, 0.15) is 20.7 Å². The lowest BCUT2D eigenvalue weighted by Gasteiger charge is -2.15. The fraction of sp³-hybridized carbons (Fsp3) is 0. The first-order valence-corrected chi connectivity index (χ1v) is 6.44. The smallest absolute Gasteiger partial charge is 0.295 e. The predicted octanol–water partition coefficient (Wildman–Crippen LogP) is 3.58. The highest BCUT2D eigenvalue weighted by atomic mass is 35.5. The lowest BCUT2D eigenvalue weighted by atomic mass is 10.1. The van der Waals surface area contributed by atoms with Crippen LogP contribution in [0.25, 0.3) is 0 Å². The van der Waals surface area contributed by atoms with Gasteiger partial charge in [-0.05, 0) is 30.3 Å². The predicted molar refractivity (Wildman–Crippen MR) is 74.0 cm³/mol. The van der Waals surface area contributed by atoms with Crippen LogP contribution in [0.2, 0.25) is 10.0 Å². The Bertz CT molecular complexity index is 695. The molecule has 0 spiro atoms. The molecule has 0 atom stereocenters. The van der Waals surface area contributed by atoms with E-state index in [0.717, 1.165) is 0 Å². The third-order valence-electron chi connectivity index (χ3n) is 2.84. The second-order valence-corrected chi connectivity index (χ2v) is 4.96. The van der Waals surface area contributed by atoms with E-state index in [1.807, 2.05) is 0 Å². The molecule has 2 amide bonds. The Labute approximate surface area is 124 Å². The number of hydroxylamine groups is 2. The zero-order chi connectivity index (χ0) is 14.3. The number of amides is 2. The first-order chi connectivity index (χ1) is 9.58. The number of hydrogen-bond donors (Lipinski definition) is 0. The van der Waals surface area contributed by atoms with E-state index < -0.39 is 11.8 Å². The average molecular weight is 308 g/mol. The average Bonchev–Trinajstić information content (AvgIpc) is 2.67. The van der Waals surface area contributed by atoms with Crippen LogP contribution in [-0.2, 0) is 0 Å². The number of hydrogen-bond acceptors (Lipinski definition) is 3. The molecule has 100 valence electrons. The molecule has 0 saturated heterocycles. The van der Waals surface area contributed by atoms with Gasteiger partial charge in [-0.3, -0.25) is 9.59 Å². The minimum absolute atomic E-state index is 0.186. The summed E-state index contributed by atoms with van der Waals surface area (Å²) in [7, 11) is 0. The number of imide groups is 1. The van der Waals surface area contributed by atoms with Crippen LogP contribution in [0.3, 0.4) is 0 Å². The molecule has 0 fully saturated rings. The number of fused-ring (bicyclic) bond motifs is 1. The number of carbonyl (C=O) groups is 2. The summed E-state index contributed by atoms with van der Waals surface area (Å²) in [6.07, 6.45) is 0. The van der Waals surface area contributed by atoms with Crippen LogP contribution in [0.4, 0.5) is 0 Å². The van der Waals surface area contributed by atoms with Gasteiger partial charge in [-0.2, -0.15) is 0 Å². The summed E-state index contributed by atoms with van der Waals surface area (Å²) in [5.41, 5.74) is 0.616. The van der Waals surface area contributed by atoms with Crippen molar-refractivity contribution in [3.8, 4) is 5.75 Å². The van der Waals surface area contributed by atoms with Crippen LogP contribution >= 0.6 is 23.2 Å². The van der Waals surface area contributed by atoms with Gasteiger partial charge < -0.3 is 4.84 Å². The van der Waals surface area contributed by atoms with Gasteiger partial charge in [-0.1, -0.05) is 40.4 Å². The van der Waals surface area contributed by atoms with Crippen LogP contribution < -0.4 is 4.84 Å². The Morgan fingerprint density at radius 3 is 2.05 bits per heavy atom. The van der Waals surface area contributed by atoms with Crippen molar-refractivity contribution in [2.24, 2.45) is 0 Å². The molecule has 0 N–H and O–H groups in total. The third-order valence-corrected chi connectivity index (χ3v) is 3.37. The van der Waals surface area contributed by atoms with Crippen molar-refractivity contribution in [3.63, 3.8) is 0 Å². The van der Waals surface area contributed by atoms with Crippen LogP contribution in [0.15, 0.2) is 42.5 Å². The lowest BCUT2D eigenvalue weighted by molar-refractivity contribution is -0.0140. The molecule has 2 aromatic rings. The Morgan fingerprint density at radius 2 is 1.50 bits per heavy atom. The van der Waals surface area contributed by atoms with Gasteiger partial charge in [0.2, 0.25) is 0 Å². The fourth-order valence-corrected chi connectivity index (χ4v) is 2.34. The first kappa shape index (κ1) is 13.0. The van der Waals surface area contributed by atoms with Gasteiger partial charge in [-0.15, -0.1) is 0 Å². The highest BCUT2D eigenvalue weighted by molar-refractivity contribution is 6.35. The van der Waals surface area contributed by atoms with Gasteiger partial charge in [0.1, 0.15) is 0 Å². The lowest BCUT2D eigenvalue weighted by Crippen LogP contribution is -2.33. The standard InChI is InChI=1S/C14H7Cl2NO3/c15-8-5-6-12(11(16)7-8)20-17-13(18)9-3-1-2-4-10(9)14(17)19/h1-7H. The number of benzene rings is 2. The summed E-state index contributed by atoms with van der Waals surface area (Å²) in [5, 5.41) is 1.35. The van der Waals surface area contributed by atoms with Crippen molar-refractivity contribution in [3.05, 3.63) is 63.6 Å². The van der Waals surface area contributed by atoms with Gasteiger partial charge in [0.15, 0.2) is 5.75 Å². The maximum Gasteiger partial charge on any atom is 0.295 e. The Morgan fingerprint density at radius 1 is 0.900 bits per heavy atom. The van der Waals surface area contributed by atoms with E-state index in [1.165, 1.54) is 12.1 Å². The normalized spacial score (nSPS) is 13.6. The number of rotatable bonds is 2. The summed E-state index contributed by atoms with van der Waals surface area (Å²) < 4.78 is 0. The molecule has 0 unspecified atom stereocenters. The summed E-state index contributed by atoms with van der Waals surface area (Å²) >= 11 is 11.7. The van der Waals surface area contributed by atoms with Crippen LogP contribution in [0, 0.1) is 0 Å². The molecule has 3 rings (SSSR count). The zero-order valence-corrected chi connectivity index (χ0v) is 11.5. The Balaban J connectivity index is 1.94. The van der Waals surface area contributed by atoms with Crippen molar-refractivity contribution in [2.75, 3.05) is 0 Å². The molecule has 0 saturated carbocycles. The molecule has 20 heavy (non-hydrogen) atoms. The SMILES string of the molecule is O=C1c2ccccc2C(=O)N1Oc1ccc(Cl)cc1Cl. The van der Waals surface area contributed by atoms with Gasteiger partial charge in [-0.25, -0.2) is 0 Å². The van der Waals surface area contributed by atoms with Gasteiger partial charge in [0, 0.05) is 5.02 Å². The highest BCUT2D eigenvalue weighted by Gasteiger charge is 2.37. The van der Waals surface area contributed by atoms with E-state index in [2.05, 4.69) is 0 Å². The zero-order valence-electron chi connectivity index (χ0n) is 9.97. The molecule has 1 aliphatic heterocycles. The van der Waals surface area contributed by atoms with E-state index in [9.17, 15) is 9.59 Å². The van der Waals surface area contributed by atoms with E-state index in [4.69, 9.17) is 28.0 Å². The van der Waals surface area contributed by atoms with Crippen molar-refractivity contribution in [2.45, 2.75) is 0 Å². The molecule has 0 bridgehead atoms. The van der Waals surface area contributed by atoms with Gasteiger partial charge in [0.25, 0.3) is 11.8 Å². The molecule has 1 aliphatic rings. The second-order valence-electron chi connectivity index (χ2n) is 4.12. The molecular weight excluding hydrogens is 301 g/mol. The molecule has 6 heteroatoms. The van der Waals surface area contributed by atoms with E-state index in [0.29, 0.717) is 21.2 Å². The maximum atomic E-state index is 12.1. The number of carbonyl (C=O) groups excluding carboxylic acids is 2. The summed E-state index contributed by atoms with van der Waals surface area (Å²) in [6.45, 7) is 0. The molecule has 0 aliphatic carbocycles. The van der Waals surface area contributed by atoms with E-state index >= 15 is 0 Å². The van der Waals surface area contributed by atoms with E-state index in [-0.39, 0.29) is 10.8 Å². The maximum absolute atomic E-state index is 12.1. The quantitative estimate of drug-likeness (QED) is 0.797. The summed E-state index contributed by atoms with van der Waals surface area (Å²) in [4.78, 5) is 29.5. The molecule has 4 nitrogen and oxygen atoms in total. The van der Waals surface area contributed by atoms with Gasteiger partial charge >= 0.3 is 0 Å². The topological polar surface area (TPSA) is 46.6 Å². The van der Waals surface area contributed by atoms with Crippen molar-refractivity contribution < 1.29 is 14.4 Å². The largest absolute Gasteiger partial charge is 0.367 e. The molecular formula is C14H7Cl2NO3. The minimum atomic E-state index is -0.517.